The number of hydrogen-bond donors (Lipinski definition) is 3. The quantitative estimate of drug-likeness (QED) is 0.486. The van der Waals surface area contributed by atoms with Gasteiger partial charge in [-0.15, -0.1) is 0 Å². The summed E-state index contributed by atoms with van der Waals surface area (Å²) < 4.78 is 10.5. The normalized spacial score (nSPS) is 16.8. The van der Waals surface area contributed by atoms with Gasteiger partial charge in [0.1, 0.15) is 0 Å². The predicted octanol–water partition coefficient (Wildman–Crippen LogP) is 0.147. The van der Waals surface area contributed by atoms with Gasteiger partial charge in [0.05, 0.1) is 12.7 Å². The molecule has 8 nitrogen and oxygen atoms in total. The molecule has 100 valence electrons. The van der Waals surface area contributed by atoms with Crippen molar-refractivity contribution in [3.05, 3.63) is 0 Å². The number of methoxy groups -OCH3 is 2. The molecule has 1 aliphatic rings. The SMILES string of the molecule is COc1nc(NN)nc(NCC2(OC)CCC2)n1. The first kappa shape index (κ1) is 12.8. The van der Waals surface area contributed by atoms with Crippen LogP contribution in [0.5, 0.6) is 6.01 Å². The zero-order chi connectivity index (χ0) is 13.0. The van der Waals surface area contributed by atoms with E-state index in [-0.39, 0.29) is 17.6 Å². The highest BCUT2D eigenvalue weighted by Crippen LogP contribution is 2.34. The van der Waals surface area contributed by atoms with Crippen LogP contribution < -0.4 is 21.3 Å². The molecule has 0 bridgehead atoms. The second-order valence-corrected chi connectivity index (χ2v) is 4.21. The van der Waals surface area contributed by atoms with Crippen LogP contribution in [0.25, 0.3) is 0 Å². The van der Waals surface area contributed by atoms with Crippen LogP contribution in [0.15, 0.2) is 0 Å². The molecular formula is C10H18N6O2. The number of hydrogen-bond acceptors (Lipinski definition) is 8. The Hall–Kier alpha value is -1.67. The molecule has 0 amide bonds. The Kier molecular flexibility index (Phi) is 3.78. The third kappa shape index (κ3) is 2.59. The molecule has 0 unspecified atom stereocenters. The van der Waals surface area contributed by atoms with Gasteiger partial charge in [-0.25, -0.2) is 5.84 Å². The molecule has 1 fully saturated rings. The van der Waals surface area contributed by atoms with Crippen molar-refractivity contribution in [2.45, 2.75) is 24.9 Å². The minimum atomic E-state index is -0.101. The van der Waals surface area contributed by atoms with Crippen LogP contribution >= 0.6 is 0 Å². The van der Waals surface area contributed by atoms with Crippen molar-refractivity contribution in [1.82, 2.24) is 15.0 Å². The Morgan fingerprint density at radius 3 is 2.44 bits per heavy atom. The van der Waals surface area contributed by atoms with E-state index in [0.717, 1.165) is 12.8 Å². The summed E-state index contributed by atoms with van der Waals surface area (Å²) in [6.45, 7) is 0.653. The summed E-state index contributed by atoms with van der Waals surface area (Å²) in [5, 5.41) is 3.12. The van der Waals surface area contributed by atoms with Crippen LogP contribution in [0.2, 0.25) is 0 Å². The van der Waals surface area contributed by atoms with Crippen LogP contribution in [0.1, 0.15) is 19.3 Å². The highest BCUT2D eigenvalue weighted by atomic mass is 16.5. The number of nitrogens with one attached hydrogen (secondary N) is 2. The summed E-state index contributed by atoms with van der Waals surface area (Å²) in [6.07, 6.45) is 3.27. The Balaban J connectivity index is 2.04. The number of nitrogens with zero attached hydrogens (tertiary/aromatic N) is 3. The van der Waals surface area contributed by atoms with Gasteiger partial charge in [-0.3, -0.25) is 5.43 Å². The summed E-state index contributed by atoms with van der Waals surface area (Å²) in [4.78, 5) is 12.1. The summed E-state index contributed by atoms with van der Waals surface area (Å²) in [7, 11) is 3.21. The minimum Gasteiger partial charge on any atom is -0.467 e. The molecule has 1 aliphatic carbocycles. The fourth-order valence-electron chi connectivity index (χ4n) is 1.86. The summed E-state index contributed by atoms with van der Waals surface area (Å²) in [5.74, 6) is 5.95. The number of hydrazine groups is 1. The van der Waals surface area contributed by atoms with Crippen molar-refractivity contribution >= 4 is 11.9 Å². The number of aromatic nitrogens is 3. The van der Waals surface area contributed by atoms with E-state index < -0.39 is 0 Å². The van der Waals surface area contributed by atoms with Gasteiger partial charge in [0.15, 0.2) is 0 Å². The highest BCUT2D eigenvalue weighted by molar-refractivity contribution is 5.35. The largest absolute Gasteiger partial charge is 0.467 e. The predicted molar refractivity (Wildman–Crippen MR) is 66.3 cm³/mol. The first-order valence-corrected chi connectivity index (χ1v) is 5.77. The Morgan fingerprint density at radius 2 is 1.94 bits per heavy atom. The summed E-state index contributed by atoms with van der Waals surface area (Å²) >= 11 is 0. The summed E-state index contributed by atoms with van der Waals surface area (Å²) in [5.41, 5.74) is 2.27. The van der Waals surface area contributed by atoms with Crippen molar-refractivity contribution < 1.29 is 9.47 Å². The van der Waals surface area contributed by atoms with Crippen molar-refractivity contribution in [3.63, 3.8) is 0 Å². The van der Waals surface area contributed by atoms with Crippen LogP contribution in [0.4, 0.5) is 11.9 Å². The van der Waals surface area contributed by atoms with Gasteiger partial charge < -0.3 is 14.8 Å². The maximum absolute atomic E-state index is 5.50. The second-order valence-electron chi connectivity index (χ2n) is 4.21. The van der Waals surface area contributed by atoms with E-state index in [2.05, 4.69) is 25.7 Å². The van der Waals surface area contributed by atoms with Crippen molar-refractivity contribution in [2.24, 2.45) is 5.84 Å². The third-order valence-electron chi connectivity index (χ3n) is 3.19. The molecule has 8 heteroatoms. The fourth-order valence-corrected chi connectivity index (χ4v) is 1.86. The van der Waals surface area contributed by atoms with Crippen LogP contribution in [0, 0.1) is 0 Å². The van der Waals surface area contributed by atoms with Crippen molar-refractivity contribution in [3.8, 4) is 6.01 Å². The maximum atomic E-state index is 5.50. The van der Waals surface area contributed by atoms with Crippen molar-refractivity contribution in [1.29, 1.82) is 0 Å². The highest BCUT2D eigenvalue weighted by Gasteiger charge is 2.36. The van der Waals surface area contributed by atoms with Gasteiger partial charge in [0, 0.05) is 13.7 Å². The Morgan fingerprint density at radius 1 is 1.22 bits per heavy atom. The van der Waals surface area contributed by atoms with Gasteiger partial charge in [0.2, 0.25) is 11.9 Å². The van der Waals surface area contributed by atoms with Gasteiger partial charge in [0.25, 0.3) is 0 Å². The number of ether oxygens (including phenoxy) is 2. The fraction of sp³-hybridized carbons (Fsp3) is 0.700. The van der Waals surface area contributed by atoms with E-state index in [1.54, 1.807) is 7.11 Å². The lowest BCUT2D eigenvalue weighted by Gasteiger charge is -2.40. The molecule has 1 aromatic heterocycles. The molecule has 0 atom stereocenters. The summed E-state index contributed by atoms with van der Waals surface area (Å²) in [6, 6.07) is 0.209. The second kappa shape index (κ2) is 5.32. The Bertz CT molecular complexity index is 382. The lowest BCUT2D eigenvalue weighted by Crippen LogP contribution is -2.45. The van der Waals surface area contributed by atoms with E-state index in [0.29, 0.717) is 12.5 Å². The first-order chi connectivity index (χ1) is 8.71. The minimum absolute atomic E-state index is 0.101. The number of nitrogen functional groups attached to an aromatic ring is 1. The molecule has 1 saturated carbocycles. The lowest BCUT2D eigenvalue weighted by molar-refractivity contribution is -0.0602. The molecule has 1 heterocycles. The lowest BCUT2D eigenvalue weighted by atomic mass is 9.80. The molecular weight excluding hydrogens is 236 g/mol. The third-order valence-corrected chi connectivity index (χ3v) is 3.19. The van der Waals surface area contributed by atoms with Crippen LogP contribution in [-0.2, 0) is 4.74 Å². The number of anilines is 2. The van der Waals surface area contributed by atoms with E-state index in [4.69, 9.17) is 15.3 Å². The monoisotopic (exact) mass is 254 g/mol. The van der Waals surface area contributed by atoms with E-state index >= 15 is 0 Å². The van der Waals surface area contributed by atoms with Gasteiger partial charge in [-0.1, -0.05) is 0 Å². The van der Waals surface area contributed by atoms with E-state index in [1.165, 1.54) is 13.5 Å². The first-order valence-electron chi connectivity index (χ1n) is 5.77. The van der Waals surface area contributed by atoms with E-state index in [9.17, 15) is 0 Å². The zero-order valence-corrected chi connectivity index (χ0v) is 10.6. The molecule has 0 spiro atoms. The van der Waals surface area contributed by atoms with Crippen molar-refractivity contribution in [2.75, 3.05) is 31.5 Å². The molecule has 0 radical (unpaired) electrons. The van der Waals surface area contributed by atoms with Gasteiger partial charge >= 0.3 is 6.01 Å². The van der Waals surface area contributed by atoms with Gasteiger partial charge in [-0.05, 0) is 19.3 Å². The smallest absolute Gasteiger partial charge is 0.322 e. The molecule has 0 saturated heterocycles. The van der Waals surface area contributed by atoms with Crippen LogP contribution in [-0.4, -0.2) is 41.3 Å². The molecule has 0 aromatic carbocycles. The molecule has 2 rings (SSSR count). The Labute approximate surface area is 105 Å². The zero-order valence-electron chi connectivity index (χ0n) is 10.6. The molecule has 0 aliphatic heterocycles. The topological polar surface area (TPSA) is 107 Å². The standard InChI is InChI=1S/C10H18N6O2/c1-17-9-14-7(13-8(15-9)16-11)12-6-10(18-2)4-3-5-10/h3-6,11H2,1-2H3,(H2,12,13,14,15,16). The maximum Gasteiger partial charge on any atom is 0.322 e. The number of nitrogens with two attached hydrogens (primary N) is 1. The van der Waals surface area contributed by atoms with Crippen LogP contribution in [0.3, 0.4) is 0 Å². The molecule has 4 N–H and O–H groups in total. The average Bonchev–Trinajstić information content (AvgIpc) is 2.37. The van der Waals surface area contributed by atoms with E-state index in [1.807, 2.05) is 0 Å². The average molecular weight is 254 g/mol. The van der Waals surface area contributed by atoms with Gasteiger partial charge in [-0.2, -0.15) is 15.0 Å². The molecule has 18 heavy (non-hydrogen) atoms. The number of rotatable bonds is 6. The molecule has 1 aromatic rings.